The maximum atomic E-state index is 12.4. The summed E-state index contributed by atoms with van der Waals surface area (Å²) in [6.07, 6.45) is 0. The third-order valence-corrected chi connectivity index (χ3v) is 4.58. The highest BCUT2D eigenvalue weighted by atomic mass is 79.9. The van der Waals surface area contributed by atoms with Crippen molar-refractivity contribution >= 4 is 27.5 Å². The molecule has 0 aliphatic rings. The van der Waals surface area contributed by atoms with E-state index >= 15 is 0 Å². The SMILES string of the molecule is CC[NH+](CC(=O)Nc1ccccc1OC)Cc1ccc(OC)c(Br)c1. The van der Waals surface area contributed by atoms with Crippen LogP contribution >= 0.6 is 15.9 Å². The van der Waals surface area contributed by atoms with Crippen LogP contribution in [0.3, 0.4) is 0 Å². The molecule has 1 amide bonds. The fraction of sp³-hybridized carbons (Fsp3) is 0.316. The summed E-state index contributed by atoms with van der Waals surface area (Å²) in [5, 5.41) is 2.93. The quantitative estimate of drug-likeness (QED) is 0.706. The van der Waals surface area contributed by atoms with Gasteiger partial charge in [0.05, 0.1) is 30.9 Å². The molecule has 0 aliphatic heterocycles. The molecule has 2 N–H and O–H groups in total. The van der Waals surface area contributed by atoms with Gasteiger partial charge in [0.25, 0.3) is 5.91 Å². The van der Waals surface area contributed by atoms with Crippen LogP contribution < -0.4 is 19.7 Å². The van der Waals surface area contributed by atoms with E-state index in [0.29, 0.717) is 18.0 Å². The Morgan fingerprint density at radius 3 is 2.48 bits per heavy atom. The van der Waals surface area contributed by atoms with E-state index in [1.54, 1.807) is 14.2 Å². The number of likely N-dealkylation sites (N-methyl/N-ethyl adjacent to an activating group) is 1. The summed E-state index contributed by atoms with van der Waals surface area (Å²) >= 11 is 3.50. The molecule has 25 heavy (non-hydrogen) atoms. The van der Waals surface area contributed by atoms with E-state index in [2.05, 4.69) is 28.2 Å². The first-order chi connectivity index (χ1) is 12.1. The zero-order valence-corrected chi connectivity index (χ0v) is 16.4. The van der Waals surface area contributed by atoms with Gasteiger partial charge in [-0.05, 0) is 53.2 Å². The van der Waals surface area contributed by atoms with Crippen molar-refractivity contribution in [3.8, 4) is 11.5 Å². The first-order valence-electron chi connectivity index (χ1n) is 8.16. The Morgan fingerprint density at radius 2 is 1.84 bits per heavy atom. The number of hydrogen-bond acceptors (Lipinski definition) is 3. The van der Waals surface area contributed by atoms with E-state index in [0.717, 1.165) is 28.9 Å². The minimum atomic E-state index is -0.0334. The van der Waals surface area contributed by atoms with Gasteiger partial charge in [0.2, 0.25) is 0 Å². The summed E-state index contributed by atoms with van der Waals surface area (Å²) in [5.74, 6) is 1.43. The van der Waals surface area contributed by atoms with Crippen LogP contribution in [-0.4, -0.2) is 33.2 Å². The Balaban J connectivity index is 1.99. The van der Waals surface area contributed by atoms with Crippen LogP contribution in [0, 0.1) is 0 Å². The molecule has 134 valence electrons. The highest BCUT2D eigenvalue weighted by Gasteiger charge is 2.15. The Kier molecular flexibility index (Phi) is 7.28. The van der Waals surface area contributed by atoms with Crippen molar-refractivity contribution in [1.29, 1.82) is 0 Å². The molecule has 0 radical (unpaired) electrons. The van der Waals surface area contributed by atoms with Crippen LogP contribution in [0.5, 0.6) is 11.5 Å². The molecule has 0 saturated heterocycles. The van der Waals surface area contributed by atoms with Crippen LogP contribution in [-0.2, 0) is 11.3 Å². The minimum Gasteiger partial charge on any atom is -0.496 e. The molecule has 0 aromatic heterocycles. The van der Waals surface area contributed by atoms with Gasteiger partial charge in [-0.3, -0.25) is 4.79 Å². The fourth-order valence-electron chi connectivity index (χ4n) is 2.59. The summed E-state index contributed by atoms with van der Waals surface area (Å²) in [5.41, 5.74) is 1.84. The second-order valence-electron chi connectivity index (χ2n) is 5.67. The molecule has 0 saturated carbocycles. The molecule has 2 aromatic carbocycles. The predicted molar refractivity (Wildman–Crippen MR) is 102 cm³/mol. The third-order valence-electron chi connectivity index (χ3n) is 3.96. The summed E-state index contributed by atoms with van der Waals surface area (Å²) < 4.78 is 11.4. The van der Waals surface area contributed by atoms with Gasteiger partial charge in [-0.2, -0.15) is 0 Å². The van der Waals surface area contributed by atoms with E-state index < -0.39 is 0 Å². The van der Waals surface area contributed by atoms with Gasteiger partial charge < -0.3 is 19.7 Å². The maximum Gasteiger partial charge on any atom is 0.279 e. The van der Waals surface area contributed by atoms with Gasteiger partial charge in [-0.1, -0.05) is 12.1 Å². The van der Waals surface area contributed by atoms with Crippen LogP contribution in [0.25, 0.3) is 0 Å². The Labute approximate surface area is 157 Å². The maximum absolute atomic E-state index is 12.4. The van der Waals surface area contributed by atoms with Gasteiger partial charge in [0, 0.05) is 5.56 Å². The first kappa shape index (κ1) is 19.3. The number of ether oxygens (including phenoxy) is 2. The number of methoxy groups -OCH3 is 2. The lowest BCUT2D eigenvalue weighted by Crippen LogP contribution is -3.11. The van der Waals surface area contributed by atoms with Gasteiger partial charge in [0.15, 0.2) is 6.54 Å². The lowest BCUT2D eigenvalue weighted by atomic mass is 10.2. The number of benzene rings is 2. The molecular formula is C19H24BrN2O3+. The van der Waals surface area contributed by atoms with Crippen molar-refractivity contribution in [2.75, 3.05) is 32.6 Å². The van der Waals surface area contributed by atoms with E-state index in [1.807, 2.05) is 42.5 Å². The molecule has 0 bridgehead atoms. The monoisotopic (exact) mass is 407 g/mol. The Bertz CT molecular complexity index is 722. The molecular weight excluding hydrogens is 384 g/mol. The lowest BCUT2D eigenvalue weighted by Gasteiger charge is -2.18. The predicted octanol–water partition coefficient (Wildman–Crippen LogP) is 2.51. The summed E-state index contributed by atoms with van der Waals surface area (Å²) in [4.78, 5) is 13.6. The van der Waals surface area contributed by atoms with Gasteiger partial charge in [-0.25, -0.2) is 0 Å². The number of hydrogen-bond donors (Lipinski definition) is 2. The molecule has 0 heterocycles. The zero-order valence-electron chi connectivity index (χ0n) is 14.8. The number of carbonyl (C=O) groups excluding carboxylic acids is 1. The summed E-state index contributed by atoms with van der Waals surface area (Å²) in [6, 6.07) is 13.4. The van der Waals surface area contributed by atoms with Crippen molar-refractivity contribution in [3.63, 3.8) is 0 Å². The number of para-hydroxylation sites is 2. The lowest BCUT2D eigenvalue weighted by molar-refractivity contribution is -0.903. The van der Waals surface area contributed by atoms with Crippen molar-refractivity contribution in [1.82, 2.24) is 0 Å². The summed E-state index contributed by atoms with van der Waals surface area (Å²) in [7, 11) is 3.24. The average Bonchev–Trinajstić information content (AvgIpc) is 2.61. The van der Waals surface area contributed by atoms with E-state index in [4.69, 9.17) is 9.47 Å². The highest BCUT2D eigenvalue weighted by Crippen LogP contribution is 2.25. The minimum absolute atomic E-state index is 0.0334. The molecule has 0 aliphatic carbocycles. The van der Waals surface area contributed by atoms with Gasteiger partial charge >= 0.3 is 0 Å². The second-order valence-corrected chi connectivity index (χ2v) is 6.53. The molecule has 0 fully saturated rings. The third kappa shape index (κ3) is 5.47. The molecule has 0 spiro atoms. The Hall–Kier alpha value is -2.05. The smallest absolute Gasteiger partial charge is 0.279 e. The summed E-state index contributed by atoms with van der Waals surface area (Å²) in [6.45, 7) is 4.07. The largest absolute Gasteiger partial charge is 0.496 e. The second kappa shape index (κ2) is 9.44. The van der Waals surface area contributed by atoms with Crippen molar-refractivity contribution in [2.24, 2.45) is 0 Å². The van der Waals surface area contributed by atoms with E-state index in [-0.39, 0.29) is 5.91 Å². The van der Waals surface area contributed by atoms with Crippen molar-refractivity contribution < 1.29 is 19.2 Å². The van der Waals surface area contributed by atoms with Gasteiger partial charge in [-0.15, -0.1) is 0 Å². The van der Waals surface area contributed by atoms with Crippen LogP contribution in [0.1, 0.15) is 12.5 Å². The molecule has 6 heteroatoms. The first-order valence-corrected chi connectivity index (χ1v) is 8.95. The number of halogens is 1. The van der Waals surface area contributed by atoms with Crippen LogP contribution in [0.15, 0.2) is 46.9 Å². The van der Waals surface area contributed by atoms with Gasteiger partial charge in [0.1, 0.15) is 18.0 Å². The number of carbonyl (C=O) groups is 1. The fourth-order valence-corrected chi connectivity index (χ4v) is 3.18. The Morgan fingerprint density at radius 1 is 1.12 bits per heavy atom. The van der Waals surface area contributed by atoms with Crippen molar-refractivity contribution in [2.45, 2.75) is 13.5 Å². The van der Waals surface area contributed by atoms with Crippen molar-refractivity contribution in [3.05, 3.63) is 52.5 Å². The molecule has 2 aromatic rings. The van der Waals surface area contributed by atoms with E-state index in [9.17, 15) is 4.79 Å². The molecule has 1 unspecified atom stereocenters. The number of quaternary nitrogens is 1. The molecule has 1 atom stereocenters. The zero-order chi connectivity index (χ0) is 18.2. The highest BCUT2D eigenvalue weighted by molar-refractivity contribution is 9.10. The molecule has 5 nitrogen and oxygen atoms in total. The van der Waals surface area contributed by atoms with Crippen LogP contribution in [0.4, 0.5) is 5.69 Å². The van der Waals surface area contributed by atoms with E-state index in [1.165, 1.54) is 4.90 Å². The average molecular weight is 408 g/mol. The normalized spacial score (nSPS) is 11.7. The number of rotatable bonds is 8. The topological polar surface area (TPSA) is 52.0 Å². The molecule has 2 rings (SSSR count). The standard InChI is InChI=1S/C19H23BrN2O3/c1-4-22(12-14-9-10-17(24-2)15(20)11-14)13-19(23)21-16-7-5-6-8-18(16)25-3/h5-11H,4,12-13H2,1-3H3,(H,21,23)/p+1. The number of amides is 1. The number of nitrogens with one attached hydrogen (secondary N) is 2. The van der Waals surface area contributed by atoms with Crippen LogP contribution in [0.2, 0.25) is 0 Å². The number of anilines is 1.